The molecule has 0 aromatic rings. The maximum Gasteiger partial charge on any atom is 0.472 e. The molecule has 5 heteroatoms. The van der Waals surface area contributed by atoms with Crippen LogP contribution in [0, 0.1) is 11.8 Å². The Hall–Kier alpha value is 0.110. The van der Waals surface area contributed by atoms with Gasteiger partial charge in [0.15, 0.2) is 0 Å². The molecule has 1 atom stereocenters. The Morgan fingerprint density at radius 3 is 1.81 bits per heavy atom. The van der Waals surface area contributed by atoms with Crippen LogP contribution >= 0.6 is 7.82 Å². The van der Waals surface area contributed by atoms with Gasteiger partial charge in [0.1, 0.15) is 0 Å². The molecule has 0 spiro atoms. The molecule has 1 saturated carbocycles. The quantitative estimate of drug-likeness (QED) is 0.223. The molecule has 26 heavy (non-hydrogen) atoms. The second-order valence-corrected chi connectivity index (χ2v) is 9.53. The summed E-state index contributed by atoms with van der Waals surface area (Å²) in [6.45, 7) is 4.78. The van der Waals surface area contributed by atoms with Gasteiger partial charge in [0.05, 0.1) is 13.2 Å². The van der Waals surface area contributed by atoms with E-state index in [1.54, 1.807) is 0 Å². The molecule has 1 aliphatic rings. The van der Waals surface area contributed by atoms with Crippen molar-refractivity contribution in [1.29, 1.82) is 0 Å². The monoisotopic (exact) mass is 390 g/mol. The van der Waals surface area contributed by atoms with Gasteiger partial charge in [-0.2, -0.15) is 0 Å². The molecule has 1 aliphatic carbocycles. The zero-order chi connectivity index (χ0) is 19.1. The maximum absolute atomic E-state index is 11.6. The molecule has 156 valence electrons. The number of rotatable bonds is 16. The molecule has 0 bridgehead atoms. The van der Waals surface area contributed by atoms with Crippen LogP contribution in [0.2, 0.25) is 0 Å². The smallest absolute Gasteiger partial charge is 0.302 e. The molecule has 1 fully saturated rings. The molecule has 1 N–H and O–H groups in total. The van der Waals surface area contributed by atoms with Gasteiger partial charge in [-0.05, 0) is 31.1 Å². The van der Waals surface area contributed by atoms with Gasteiger partial charge in [-0.1, -0.05) is 90.9 Å². The summed E-state index contributed by atoms with van der Waals surface area (Å²) in [7, 11) is -3.81. The summed E-state index contributed by atoms with van der Waals surface area (Å²) >= 11 is 0. The van der Waals surface area contributed by atoms with Crippen LogP contribution in [0.5, 0.6) is 0 Å². The first kappa shape index (κ1) is 24.1. The summed E-state index contributed by atoms with van der Waals surface area (Å²) in [6.07, 6.45) is 19.3. The number of phosphoric acid groups is 1. The van der Waals surface area contributed by atoms with Crippen LogP contribution in [0.1, 0.15) is 110 Å². The SMILES string of the molecule is CCCCCCCCCC1CCC(CCCOP(=O)(O)OCCC)CC1. The number of hydrogen-bond acceptors (Lipinski definition) is 3. The Morgan fingerprint density at radius 2 is 1.23 bits per heavy atom. The fourth-order valence-electron chi connectivity index (χ4n) is 3.99. The zero-order valence-electron chi connectivity index (χ0n) is 17.3. The van der Waals surface area contributed by atoms with Crippen molar-refractivity contribution in [3.05, 3.63) is 0 Å². The minimum absolute atomic E-state index is 0.274. The zero-order valence-corrected chi connectivity index (χ0v) is 18.2. The second kappa shape index (κ2) is 15.1. The third kappa shape index (κ3) is 12.5. The highest BCUT2D eigenvalue weighted by molar-refractivity contribution is 7.47. The largest absolute Gasteiger partial charge is 0.472 e. The molecular weight excluding hydrogens is 347 g/mol. The lowest BCUT2D eigenvalue weighted by Crippen LogP contribution is -2.15. The van der Waals surface area contributed by atoms with Crippen LogP contribution in [0.25, 0.3) is 0 Å². The van der Waals surface area contributed by atoms with Crippen LogP contribution in [0.4, 0.5) is 0 Å². The lowest BCUT2D eigenvalue weighted by molar-refractivity contribution is 0.143. The Morgan fingerprint density at radius 1 is 0.731 bits per heavy atom. The standard InChI is InChI=1S/C21H43O4P/c1-3-5-6-7-8-9-10-12-20-14-16-21(17-15-20)13-11-19-25-26(22,23)24-18-4-2/h20-21H,3-19H2,1-2H3,(H,22,23). The van der Waals surface area contributed by atoms with Gasteiger partial charge in [0.2, 0.25) is 0 Å². The highest BCUT2D eigenvalue weighted by Crippen LogP contribution is 2.43. The van der Waals surface area contributed by atoms with E-state index in [2.05, 4.69) is 6.92 Å². The molecule has 0 radical (unpaired) electrons. The van der Waals surface area contributed by atoms with E-state index in [0.717, 1.165) is 31.1 Å². The third-order valence-electron chi connectivity index (χ3n) is 5.65. The molecule has 0 aliphatic heterocycles. The Balaban J connectivity index is 1.97. The Kier molecular flexibility index (Phi) is 14.0. The van der Waals surface area contributed by atoms with Gasteiger partial charge >= 0.3 is 7.82 Å². The Bertz CT molecular complexity index is 367. The molecule has 0 aromatic carbocycles. The maximum atomic E-state index is 11.6. The summed E-state index contributed by atoms with van der Waals surface area (Å²) in [5.41, 5.74) is 0. The van der Waals surface area contributed by atoms with Crippen molar-refractivity contribution in [2.45, 2.75) is 110 Å². The van der Waals surface area contributed by atoms with Crippen LogP contribution in [0.15, 0.2) is 0 Å². The molecule has 0 saturated heterocycles. The summed E-state index contributed by atoms with van der Waals surface area (Å²) in [6, 6.07) is 0. The minimum atomic E-state index is -3.81. The van der Waals surface area contributed by atoms with E-state index >= 15 is 0 Å². The molecule has 0 amide bonds. The number of phosphoric ester groups is 1. The molecule has 1 unspecified atom stereocenters. The lowest BCUT2D eigenvalue weighted by atomic mass is 9.78. The summed E-state index contributed by atoms with van der Waals surface area (Å²) in [4.78, 5) is 9.49. The fourth-order valence-corrected chi connectivity index (χ4v) is 4.84. The van der Waals surface area contributed by atoms with E-state index < -0.39 is 7.82 Å². The number of hydrogen-bond donors (Lipinski definition) is 1. The summed E-state index contributed by atoms with van der Waals surface area (Å²) in [5, 5.41) is 0. The second-order valence-electron chi connectivity index (χ2n) is 8.07. The predicted octanol–water partition coefficient (Wildman–Crippen LogP) is 7.26. The summed E-state index contributed by atoms with van der Waals surface area (Å²) < 4.78 is 21.5. The fraction of sp³-hybridized carbons (Fsp3) is 1.00. The van der Waals surface area contributed by atoms with E-state index in [0.29, 0.717) is 6.61 Å². The van der Waals surface area contributed by atoms with Crippen molar-refractivity contribution in [3.8, 4) is 0 Å². The van der Waals surface area contributed by atoms with Gasteiger partial charge in [-0.3, -0.25) is 9.05 Å². The van der Waals surface area contributed by atoms with Crippen molar-refractivity contribution in [3.63, 3.8) is 0 Å². The summed E-state index contributed by atoms with van der Waals surface area (Å²) in [5.74, 6) is 1.72. The molecule has 4 nitrogen and oxygen atoms in total. The van der Waals surface area contributed by atoms with Gasteiger partial charge < -0.3 is 4.89 Å². The molecule has 0 aromatic heterocycles. The van der Waals surface area contributed by atoms with E-state index in [9.17, 15) is 9.46 Å². The van der Waals surface area contributed by atoms with Crippen LogP contribution < -0.4 is 0 Å². The highest BCUT2D eigenvalue weighted by Gasteiger charge is 2.22. The average molecular weight is 391 g/mol. The lowest BCUT2D eigenvalue weighted by Gasteiger charge is -2.28. The first-order chi connectivity index (χ1) is 12.6. The van der Waals surface area contributed by atoms with E-state index in [1.807, 2.05) is 6.92 Å². The van der Waals surface area contributed by atoms with Gasteiger partial charge in [-0.15, -0.1) is 0 Å². The van der Waals surface area contributed by atoms with E-state index in [1.165, 1.54) is 77.0 Å². The van der Waals surface area contributed by atoms with Gasteiger partial charge in [-0.25, -0.2) is 4.57 Å². The highest BCUT2D eigenvalue weighted by atomic mass is 31.2. The van der Waals surface area contributed by atoms with Crippen LogP contribution in [-0.4, -0.2) is 18.1 Å². The van der Waals surface area contributed by atoms with Crippen molar-refractivity contribution in [1.82, 2.24) is 0 Å². The first-order valence-electron chi connectivity index (χ1n) is 11.2. The number of unbranched alkanes of at least 4 members (excludes halogenated alkanes) is 6. The Labute approximate surface area is 162 Å². The topological polar surface area (TPSA) is 55.8 Å². The minimum Gasteiger partial charge on any atom is -0.302 e. The van der Waals surface area contributed by atoms with Crippen molar-refractivity contribution >= 4 is 7.82 Å². The van der Waals surface area contributed by atoms with Crippen LogP contribution in [-0.2, 0) is 13.6 Å². The van der Waals surface area contributed by atoms with Crippen molar-refractivity contribution in [2.24, 2.45) is 11.8 Å². The van der Waals surface area contributed by atoms with Crippen molar-refractivity contribution in [2.75, 3.05) is 13.2 Å². The molecule has 1 rings (SSSR count). The van der Waals surface area contributed by atoms with Crippen LogP contribution in [0.3, 0.4) is 0 Å². The van der Waals surface area contributed by atoms with Gasteiger partial charge in [0.25, 0.3) is 0 Å². The van der Waals surface area contributed by atoms with Gasteiger partial charge in [0, 0.05) is 0 Å². The van der Waals surface area contributed by atoms with Crippen molar-refractivity contribution < 1.29 is 18.5 Å². The normalized spacial score (nSPS) is 23.0. The third-order valence-corrected chi connectivity index (χ3v) is 6.67. The van der Waals surface area contributed by atoms with E-state index in [-0.39, 0.29) is 6.61 Å². The molecular formula is C21H43O4P. The average Bonchev–Trinajstić information content (AvgIpc) is 2.64. The van der Waals surface area contributed by atoms with E-state index in [4.69, 9.17) is 9.05 Å². The predicted molar refractivity (Wildman–Crippen MR) is 109 cm³/mol. The molecule has 0 heterocycles. The first-order valence-corrected chi connectivity index (χ1v) is 12.7.